The molecular formula is C18H8N4O5. The molecule has 130 valence electrons. The van der Waals surface area contributed by atoms with Gasteiger partial charge in [-0.2, -0.15) is 0 Å². The summed E-state index contributed by atoms with van der Waals surface area (Å²) in [6.07, 6.45) is 1.66. The highest BCUT2D eigenvalue weighted by molar-refractivity contribution is 6.15. The van der Waals surface area contributed by atoms with Crippen LogP contribution in [0.2, 0.25) is 0 Å². The van der Waals surface area contributed by atoms with Gasteiger partial charge in [-0.25, -0.2) is 4.98 Å². The second-order valence-corrected chi connectivity index (χ2v) is 6.11. The first kappa shape index (κ1) is 15.1. The highest BCUT2D eigenvalue weighted by atomic mass is 16.6. The lowest BCUT2D eigenvalue weighted by Crippen LogP contribution is -2.15. The lowest BCUT2D eigenvalue weighted by atomic mass is 10.0. The van der Waals surface area contributed by atoms with Crippen LogP contribution in [0.1, 0.15) is 0 Å². The maximum Gasteiger partial charge on any atom is 0.395 e. The molecule has 0 atom stereocenters. The Morgan fingerprint density at radius 1 is 0.889 bits per heavy atom. The lowest BCUT2D eigenvalue weighted by Gasteiger charge is -2.08. The van der Waals surface area contributed by atoms with Gasteiger partial charge in [-0.05, 0) is 12.1 Å². The molecule has 0 aliphatic carbocycles. The average Bonchev–Trinajstić information content (AvgIpc) is 3.01. The molecule has 0 N–H and O–H groups in total. The van der Waals surface area contributed by atoms with Gasteiger partial charge < -0.3 is 0 Å². The van der Waals surface area contributed by atoms with Crippen molar-refractivity contribution < 1.29 is 9.85 Å². The molecule has 5 rings (SSSR count). The van der Waals surface area contributed by atoms with E-state index in [4.69, 9.17) is 0 Å². The largest absolute Gasteiger partial charge is 0.395 e. The van der Waals surface area contributed by atoms with E-state index in [2.05, 4.69) is 4.98 Å². The highest BCUT2D eigenvalue weighted by Gasteiger charge is 2.35. The zero-order valence-electron chi connectivity index (χ0n) is 13.4. The molecule has 9 nitrogen and oxygen atoms in total. The average molecular weight is 360 g/mol. The molecule has 0 radical (unpaired) electrons. The molecule has 0 aliphatic rings. The number of nitro benzene ring substituents is 2. The van der Waals surface area contributed by atoms with E-state index in [9.17, 15) is 25.0 Å². The van der Waals surface area contributed by atoms with Crippen LogP contribution in [0.25, 0.3) is 38.2 Å². The van der Waals surface area contributed by atoms with E-state index < -0.39 is 26.7 Å². The standard InChI is InChI=1S/C18H8N4O5/c23-17-15-13-11(14(21(24)25)16(17)22(26)27)6-3-7-12(13)19-18-10-5-2-1-4-9(10)8-20(15)18/h1-8H. The number of aromatic nitrogens is 2. The number of benzene rings is 3. The maximum atomic E-state index is 13.0. The molecule has 5 aromatic rings. The molecule has 27 heavy (non-hydrogen) atoms. The van der Waals surface area contributed by atoms with Crippen LogP contribution in [-0.2, 0) is 0 Å². The van der Waals surface area contributed by atoms with E-state index >= 15 is 0 Å². The van der Waals surface area contributed by atoms with E-state index in [1.807, 2.05) is 24.3 Å². The van der Waals surface area contributed by atoms with Gasteiger partial charge in [0.25, 0.3) is 5.43 Å². The fourth-order valence-corrected chi connectivity index (χ4v) is 3.67. The van der Waals surface area contributed by atoms with Crippen molar-refractivity contribution in [3.05, 3.63) is 79.1 Å². The Bertz CT molecular complexity index is 1510. The van der Waals surface area contributed by atoms with Crippen molar-refractivity contribution in [3.8, 4) is 0 Å². The molecule has 0 unspecified atom stereocenters. The molecule has 9 heteroatoms. The minimum Gasteiger partial charge on any atom is -0.296 e. The van der Waals surface area contributed by atoms with E-state index in [1.165, 1.54) is 16.5 Å². The van der Waals surface area contributed by atoms with Crippen LogP contribution in [-0.4, -0.2) is 19.2 Å². The first-order chi connectivity index (χ1) is 13.0. The predicted molar refractivity (Wildman–Crippen MR) is 98.5 cm³/mol. The van der Waals surface area contributed by atoms with Crippen LogP contribution in [0.5, 0.6) is 0 Å². The SMILES string of the molecule is O=c1c([N+](=O)[O-])c([N+](=O)[O-])c2cccc3nc4c5ccccc5cn4c1c32. The Hall–Kier alpha value is -4.14. The molecule has 0 amide bonds. The Labute approximate surface area is 148 Å². The number of hydrogen-bond donors (Lipinski definition) is 0. The smallest absolute Gasteiger partial charge is 0.296 e. The lowest BCUT2D eigenvalue weighted by molar-refractivity contribution is -0.421. The van der Waals surface area contributed by atoms with Gasteiger partial charge in [-0.15, -0.1) is 0 Å². The van der Waals surface area contributed by atoms with Crippen molar-refractivity contribution in [1.82, 2.24) is 9.38 Å². The van der Waals surface area contributed by atoms with Gasteiger partial charge >= 0.3 is 11.4 Å². The Morgan fingerprint density at radius 2 is 1.59 bits per heavy atom. The fourth-order valence-electron chi connectivity index (χ4n) is 3.67. The van der Waals surface area contributed by atoms with Crippen LogP contribution in [0.4, 0.5) is 11.4 Å². The van der Waals surface area contributed by atoms with Crippen LogP contribution in [0.15, 0.2) is 53.5 Å². The highest BCUT2D eigenvalue weighted by Crippen LogP contribution is 2.37. The Balaban J connectivity index is 2.20. The predicted octanol–water partition coefficient (Wildman–Crippen LogP) is 3.41. The van der Waals surface area contributed by atoms with Gasteiger partial charge in [0, 0.05) is 22.4 Å². The first-order valence-corrected chi connectivity index (χ1v) is 7.89. The van der Waals surface area contributed by atoms with Gasteiger partial charge in [0.1, 0.15) is 11.2 Å². The number of nitro groups is 2. The quantitative estimate of drug-likeness (QED) is 0.351. The van der Waals surface area contributed by atoms with E-state index in [0.29, 0.717) is 11.2 Å². The minimum absolute atomic E-state index is 0.0131. The molecule has 2 aromatic heterocycles. The number of nitrogens with zero attached hydrogens (tertiary/aromatic N) is 4. The molecule has 2 heterocycles. The molecule has 0 saturated heterocycles. The van der Waals surface area contributed by atoms with Gasteiger partial charge in [0.15, 0.2) is 0 Å². The summed E-state index contributed by atoms with van der Waals surface area (Å²) in [5, 5.41) is 24.9. The van der Waals surface area contributed by atoms with Crippen LogP contribution >= 0.6 is 0 Å². The fraction of sp³-hybridized carbons (Fsp3) is 0. The van der Waals surface area contributed by atoms with Crippen molar-refractivity contribution in [2.75, 3.05) is 0 Å². The Morgan fingerprint density at radius 3 is 2.33 bits per heavy atom. The molecule has 0 aliphatic heterocycles. The van der Waals surface area contributed by atoms with Gasteiger partial charge in [0.05, 0.1) is 20.7 Å². The zero-order chi connectivity index (χ0) is 18.9. The molecule has 3 aromatic carbocycles. The van der Waals surface area contributed by atoms with Crippen LogP contribution in [0.3, 0.4) is 0 Å². The summed E-state index contributed by atoms with van der Waals surface area (Å²) in [5.41, 5.74) is -1.99. The molecular weight excluding hydrogens is 352 g/mol. The van der Waals surface area contributed by atoms with E-state index in [0.717, 1.165) is 10.8 Å². The van der Waals surface area contributed by atoms with Crippen LogP contribution < -0.4 is 5.43 Å². The summed E-state index contributed by atoms with van der Waals surface area (Å²) in [4.78, 5) is 38.7. The summed E-state index contributed by atoms with van der Waals surface area (Å²) in [5.74, 6) is 0. The topological polar surface area (TPSA) is 121 Å². The van der Waals surface area contributed by atoms with Crippen LogP contribution in [0, 0.1) is 20.2 Å². The number of fused-ring (bicyclic) bond motifs is 4. The summed E-state index contributed by atoms with van der Waals surface area (Å²) >= 11 is 0. The third-order valence-electron chi connectivity index (χ3n) is 4.72. The third-order valence-corrected chi connectivity index (χ3v) is 4.72. The van der Waals surface area contributed by atoms with Gasteiger partial charge in [-0.1, -0.05) is 30.3 Å². The van der Waals surface area contributed by atoms with Crippen molar-refractivity contribution in [3.63, 3.8) is 0 Å². The molecule has 0 bridgehead atoms. The molecule has 0 fully saturated rings. The first-order valence-electron chi connectivity index (χ1n) is 7.89. The summed E-state index contributed by atoms with van der Waals surface area (Å²) in [6, 6.07) is 11.9. The molecule has 0 saturated carbocycles. The second kappa shape index (κ2) is 4.94. The van der Waals surface area contributed by atoms with Crippen molar-refractivity contribution in [2.45, 2.75) is 0 Å². The van der Waals surface area contributed by atoms with Gasteiger partial charge in [-0.3, -0.25) is 29.4 Å². The summed E-state index contributed by atoms with van der Waals surface area (Å²) in [7, 11) is 0. The van der Waals surface area contributed by atoms with Crippen molar-refractivity contribution >= 4 is 49.6 Å². The zero-order valence-corrected chi connectivity index (χ0v) is 13.4. The van der Waals surface area contributed by atoms with Gasteiger partial charge in [0.2, 0.25) is 0 Å². The normalized spacial score (nSPS) is 11.7. The minimum atomic E-state index is -1.04. The van der Waals surface area contributed by atoms with E-state index in [-0.39, 0.29) is 16.3 Å². The number of hydrogen-bond acceptors (Lipinski definition) is 6. The number of rotatable bonds is 2. The second-order valence-electron chi connectivity index (χ2n) is 6.11. The summed E-state index contributed by atoms with van der Waals surface area (Å²) in [6.45, 7) is 0. The third kappa shape index (κ3) is 1.82. The summed E-state index contributed by atoms with van der Waals surface area (Å²) < 4.78 is 1.49. The monoisotopic (exact) mass is 360 g/mol. The Kier molecular flexibility index (Phi) is 2.77. The van der Waals surface area contributed by atoms with E-state index in [1.54, 1.807) is 12.3 Å². The van der Waals surface area contributed by atoms with Crippen molar-refractivity contribution in [1.29, 1.82) is 0 Å². The van der Waals surface area contributed by atoms with Crippen molar-refractivity contribution in [2.24, 2.45) is 0 Å². The maximum absolute atomic E-state index is 13.0. The molecule has 0 spiro atoms.